The lowest BCUT2D eigenvalue weighted by molar-refractivity contribution is -0.491. The molecule has 0 aromatic heterocycles. The summed E-state index contributed by atoms with van der Waals surface area (Å²) < 4.78 is 132. The lowest BCUT2D eigenvalue weighted by Gasteiger charge is -2.29. The Balaban J connectivity index is 5.28. The minimum absolute atomic E-state index is 0.407. The highest BCUT2D eigenvalue weighted by molar-refractivity contribution is 14.1. The molecule has 0 unspecified atom stereocenters. The Hall–Kier alpha value is -0.540. The minimum Gasteiger partial charge on any atom is -0.396 e. The molecule has 0 heterocycles. The van der Waals surface area contributed by atoms with Gasteiger partial charge in [0.25, 0.3) is 0 Å². The van der Waals surface area contributed by atoms with E-state index in [1.165, 1.54) is 0 Å². The Labute approximate surface area is 115 Å². The van der Waals surface area contributed by atoms with Crippen molar-refractivity contribution in [3.63, 3.8) is 0 Å². The van der Waals surface area contributed by atoms with Crippen LogP contribution >= 0.6 is 22.6 Å². The van der Waals surface area contributed by atoms with Crippen molar-refractivity contribution in [3.05, 3.63) is 12.1 Å². The van der Waals surface area contributed by atoms with Gasteiger partial charge in [0, 0.05) is 22.6 Å². The molecule has 0 amide bonds. The molecule has 0 aromatic rings. The van der Waals surface area contributed by atoms with Crippen molar-refractivity contribution in [3.8, 4) is 0 Å². The summed E-state index contributed by atoms with van der Waals surface area (Å²) in [5.41, 5.74) is 0. The summed E-state index contributed by atoms with van der Waals surface area (Å²) in [6.07, 6.45) is -22.7. The van der Waals surface area contributed by atoms with Gasteiger partial charge in [0.15, 0.2) is 0 Å². The molecule has 0 spiro atoms. The van der Waals surface area contributed by atoms with Gasteiger partial charge in [-0.2, -0.15) is 48.3 Å². The smallest absolute Gasteiger partial charge is 0.396 e. The lowest BCUT2D eigenvalue weighted by Crippen LogP contribution is -2.52. The Morgan fingerprint density at radius 3 is 1.40 bits per heavy atom. The molecule has 0 atom stereocenters. The number of hydrogen-bond acceptors (Lipinski definition) is 2. The molecular formula is C6F11IO2. The average molecular weight is 440 g/mol. The molecule has 0 radical (unpaired) electrons. The molecule has 14 heteroatoms. The van der Waals surface area contributed by atoms with Crippen LogP contribution in [0.4, 0.5) is 48.3 Å². The first-order chi connectivity index (χ1) is 8.53. The fraction of sp³-hybridized carbons (Fsp3) is 0.667. The van der Waals surface area contributed by atoms with E-state index < -0.39 is 56.9 Å². The molecule has 20 heavy (non-hydrogen) atoms. The molecule has 0 aliphatic rings. The lowest BCUT2D eigenvalue weighted by atomic mass is 10.5. The van der Waals surface area contributed by atoms with Gasteiger partial charge in [0.2, 0.25) is 0 Å². The minimum atomic E-state index is -6.54. The van der Waals surface area contributed by atoms with E-state index in [9.17, 15) is 48.3 Å². The van der Waals surface area contributed by atoms with Crippen LogP contribution in [0.5, 0.6) is 0 Å². The van der Waals surface area contributed by atoms with Gasteiger partial charge < -0.3 is 4.74 Å². The Bertz CT molecular complexity index is 383. The van der Waals surface area contributed by atoms with Crippen LogP contribution in [0.2, 0.25) is 0 Å². The molecular weight excluding hydrogens is 440 g/mol. The number of halogens is 12. The fourth-order valence-corrected chi connectivity index (χ4v) is 0.599. The highest BCUT2D eigenvalue weighted by atomic mass is 127. The van der Waals surface area contributed by atoms with Gasteiger partial charge in [-0.05, 0) is 0 Å². The zero-order valence-electron chi connectivity index (χ0n) is 8.35. The monoisotopic (exact) mass is 440 g/mol. The third kappa shape index (κ3) is 4.49. The van der Waals surface area contributed by atoms with Gasteiger partial charge >= 0.3 is 34.3 Å². The quantitative estimate of drug-likeness (QED) is 0.254. The second-order valence-corrected chi connectivity index (χ2v) is 4.14. The van der Waals surface area contributed by atoms with Gasteiger partial charge in [0.1, 0.15) is 0 Å². The maximum atomic E-state index is 12.5. The van der Waals surface area contributed by atoms with Gasteiger partial charge in [-0.3, -0.25) is 0 Å². The first-order valence-electron chi connectivity index (χ1n) is 3.83. The molecule has 0 aliphatic carbocycles. The number of alkyl halides is 9. The van der Waals surface area contributed by atoms with E-state index in [0.29, 0.717) is 0 Å². The number of ether oxygens (including phenoxy) is 2. The summed E-state index contributed by atoms with van der Waals surface area (Å²) in [4.78, 5) is 0. The third-order valence-corrected chi connectivity index (χ3v) is 1.92. The van der Waals surface area contributed by atoms with Crippen molar-refractivity contribution >= 4 is 22.6 Å². The number of rotatable bonds is 6. The van der Waals surface area contributed by atoms with Crippen molar-refractivity contribution in [1.82, 2.24) is 0 Å². The molecule has 0 bridgehead atoms. The van der Waals surface area contributed by atoms with Crippen LogP contribution < -0.4 is 0 Å². The van der Waals surface area contributed by atoms with Crippen LogP contribution in [-0.4, -0.2) is 22.3 Å². The molecule has 0 aromatic carbocycles. The predicted molar refractivity (Wildman–Crippen MR) is 46.3 cm³/mol. The van der Waals surface area contributed by atoms with Crippen LogP contribution in [-0.2, 0) is 9.47 Å². The van der Waals surface area contributed by atoms with Crippen LogP contribution in [0.1, 0.15) is 0 Å². The zero-order chi connectivity index (χ0) is 16.6. The van der Waals surface area contributed by atoms with Gasteiger partial charge in [0.05, 0.1) is 0 Å². The summed E-state index contributed by atoms with van der Waals surface area (Å²) in [6.45, 7) is 0. The molecule has 0 N–H and O–H groups in total. The highest BCUT2D eigenvalue weighted by Gasteiger charge is 2.70. The van der Waals surface area contributed by atoms with E-state index in [-0.39, 0.29) is 0 Å². The normalized spacial score (nSPS) is 14.2. The van der Waals surface area contributed by atoms with E-state index in [4.69, 9.17) is 0 Å². The number of hydrogen-bond donors (Lipinski definition) is 0. The summed E-state index contributed by atoms with van der Waals surface area (Å²) >= 11 is -0.407. The Morgan fingerprint density at radius 2 is 1.10 bits per heavy atom. The molecule has 2 nitrogen and oxygen atoms in total. The van der Waals surface area contributed by atoms with Crippen molar-refractivity contribution in [2.24, 2.45) is 0 Å². The fourth-order valence-electron chi connectivity index (χ4n) is 0.489. The Morgan fingerprint density at radius 1 is 0.700 bits per heavy atom. The standard InChI is InChI=1S/C6F11IO2/c7-1(8)2(9)19-5(14,15)6(16,17)20-4(12,13)3(10,11)18. The molecule has 0 rings (SSSR count). The average Bonchev–Trinajstić information content (AvgIpc) is 2.12. The Kier molecular flexibility index (Phi) is 5.53. The first-order valence-corrected chi connectivity index (χ1v) is 4.91. The van der Waals surface area contributed by atoms with Crippen LogP contribution in [0.3, 0.4) is 0 Å². The maximum absolute atomic E-state index is 12.5. The van der Waals surface area contributed by atoms with E-state index in [2.05, 4.69) is 4.74 Å². The molecule has 0 saturated carbocycles. The van der Waals surface area contributed by atoms with E-state index in [1.807, 2.05) is 4.74 Å². The second-order valence-electron chi connectivity index (χ2n) is 2.79. The van der Waals surface area contributed by atoms with Crippen molar-refractivity contribution in [1.29, 1.82) is 0 Å². The largest absolute Gasteiger partial charge is 0.496 e. The van der Waals surface area contributed by atoms with Crippen LogP contribution in [0.25, 0.3) is 0 Å². The predicted octanol–water partition coefficient (Wildman–Crippen LogP) is 4.86. The van der Waals surface area contributed by atoms with Crippen molar-refractivity contribution in [2.45, 2.75) is 22.3 Å². The molecule has 0 aliphatic heterocycles. The maximum Gasteiger partial charge on any atom is 0.496 e. The van der Waals surface area contributed by atoms with E-state index >= 15 is 0 Å². The SMILES string of the molecule is FC(F)=C(F)OC(F)(F)C(F)(F)OC(F)(F)C(F)(F)I. The second kappa shape index (κ2) is 5.69. The van der Waals surface area contributed by atoms with Crippen molar-refractivity contribution in [2.75, 3.05) is 0 Å². The van der Waals surface area contributed by atoms with E-state index in [0.717, 1.165) is 0 Å². The van der Waals surface area contributed by atoms with Gasteiger partial charge in [-0.15, -0.1) is 0 Å². The van der Waals surface area contributed by atoms with Gasteiger partial charge in [-0.25, -0.2) is 4.74 Å². The molecule has 120 valence electrons. The summed E-state index contributed by atoms with van der Waals surface area (Å²) in [7, 11) is 0. The highest BCUT2D eigenvalue weighted by Crippen LogP contribution is 2.48. The topological polar surface area (TPSA) is 18.5 Å². The summed E-state index contributed by atoms with van der Waals surface area (Å²) in [6, 6.07) is -3.53. The van der Waals surface area contributed by atoms with E-state index in [1.54, 1.807) is 0 Å². The van der Waals surface area contributed by atoms with Crippen molar-refractivity contribution < 1.29 is 57.8 Å². The van der Waals surface area contributed by atoms with Crippen LogP contribution in [0.15, 0.2) is 12.1 Å². The van der Waals surface area contributed by atoms with Gasteiger partial charge in [-0.1, -0.05) is 0 Å². The zero-order valence-corrected chi connectivity index (χ0v) is 10.5. The summed E-state index contributed by atoms with van der Waals surface area (Å²) in [5, 5.41) is 0. The summed E-state index contributed by atoms with van der Waals surface area (Å²) in [5.74, 6) is 0. The molecule has 0 fully saturated rings. The first kappa shape index (κ1) is 19.5. The van der Waals surface area contributed by atoms with Crippen LogP contribution in [0, 0.1) is 0 Å². The third-order valence-electron chi connectivity index (χ3n) is 1.29. The molecule has 0 saturated heterocycles.